The zero-order chi connectivity index (χ0) is 17.8. The summed E-state index contributed by atoms with van der Waals surface area (Å²) >= 11 is 0. The smallest absolute Gasteiger partial charge is 0.226 e. The molecule has 0 N–H and O–H groups in total. The summed E-state index contributed by atoms with van der Waals surface area (Å²) in [6.45, 7) is 6.07. The average molecular weight is 346 g/mol. The lowest BCUT2D eigenvalue weighted by Crippen LogP contribution is -2.51. The van der Waals surface area contributed by atoms with E-state index in [1.165, 1.54) is 5.56 Å². The molecule has 3 aromatic rings. The first kappa shape index (κ1) is 16.6. The van der Waals surface area contributed by atoms with Crippen LogP contribution in [-0.2, 0) is 6.54 Å². The van der Waals surface area contributed by atoms with E-state index in [0.717, 1.165) is 43.5 Å². The molecule has 6 heteroatoms. The molecule has 0 aliphatic carbocycles. The number of piperazine rings is 1. The Morgan fingerprint density at radius 3 is 2.62 bits per heavy atom. The van der Waals surface area contributed by atoms with Crippen molar-refractivity contribution in [3.05, 3.63) is 66.7 Å². The first-order chi connectivity index (χ1) is 12.8. The van der Waals surface area contributed by atoms with Gasteiger partial charge in [0.15, 0.2) is 0 Å². The van der Waals surface area contributed by atoms with Crippen LogP contribution in [0.1, 0.15) is 12.5 Å². The zero-order valence-corrected chi connectivity index (χ0v) is 14.9. The third-order valence-electron chi connectivity index (χ3n) is 4.74. The van der Waals surface area contributed by atoms with Gasteiger partial charge in [-0.3, -0.25) is 14.9 Å². The monoisotopic (exact) mass is 346 g/mol. The molecule has 1 aliphatic heterocycles. The summed E-state index contributed by atoms with van der Waals surface area (Å²) in [4.78, 5) is 22.4. The number of hydrogen-bond donors (Lipinski definition) is 0. The fraction of sp³-hybridized carbons (Fsp3) is 0.300. The second-order valence-corrected chi connectivity index (χ2v) is 6.58. The van der Waals surface area contributed by atoms with Gasteiger partial charge in [0.25, 0.3) is 0 Å². The molecule has 1 fully saturated rings. The molecule has 6 nitrogen and oxygen atoms in total. The van der Waals surface area contributed by atoms with E-state index in [2.05, 4.69) is 62.0 Å². The fourth-order valence-corrected chi connectivity index (χ4v) is 3.30. The highest BCUT2D eigenvalue weighted by atomic mass is 15.3. The predicted molar refractivity (Wildman–Crippen MR) is 102 cm³/mol. The summed E-state index contributed by atoms with van der Waals surface area (Å²) in [7, 11) is 0. The Balaban J connectivity index is 1.46. The van der Waals surface area contributed by atoms with Gasteiger partial charge in [-0.25, -0.2) is 9.97 Å². The molecule has 2 aromatic heterocycles. The van der Waals surface area contributed by atoms with Crippen LogP contribution in [0.5, 0.6) is 0 Å². The molecule has 26 heavy (non-hydrogen) atoms. The van der Waals surface area contributed by atoms with Crippen LogP contribution in [-0.4, -0.2) is 50.5 Å². The lowest BCUT2D eigenvalue weighted by Gasteiger charge is -2.40. The Morgan fingerprint density at radius 1 is 0.962 bits per heavy atom. The molecule has 0 bridgehead atoms. The molecule has 0 spiro atoms. The van der Waals surface area contributed by atoms with Crippen molar-refractivity contribution in [2.24, 2.45) is 0 Å². The fourth-order valence-electron chi connectivity index (χ4n) is 3.30. The summed E-state index contributed by atoms with van der Waals surface area (Å²) in [6.07, 6.45) is 6.88. The number of aromatic nitrogens is 4. The minimum atomic E-state index is 0.438. The lowest BCUT2D eigenvalue weighted by atomic mass is 10.1. The molecule has 0 amide bonds. The standard InChI is InChI=1S/C20H22N6/c1-16-14-26(12-11-25(16)15-17-5-3-2-4-6-17)20-23-8-7-18(24-20)19-13-21-9-10-22-19/h2-10,13,16H,11-12,14-15H2,1H3/t16-/m0/s1. The normalized spacial score (nSPS) is 18.0. The summed E-state index contributed by atoms with van der Waals surface area (Å²) < 4.78 is 0. The molecular formula is C20H22N6. The summed E-state index contributed by atoms with van der Waals surface area (Å²) in [5.41, 5.74) is 2.93. The van der Waals surface area contributed by atoms with Gasteiger partial charge < -0.3 is 4.90 Å². The van der Waals surface area contributed by atoms with Crippen molar-refractivity contribution in [1.29, 1.82) is 0 Å². The van der Waals surface area contributed by atoms with Crippen LogP contribution in [0.4, 0.5) is 5.95 Å². The molecule has 132 valence electrons. The van der Waals surface area contributed by atoms with Crippen LogP contribution in [0.2, 0.25) is 0 Å². The average Bonchev–Trinajstić information content (AvgIpc) is 2.71. The van der Waals surface area contributed by atoms with E-state index in [0.29, 0.717) is 6.04 Å². The van der Waals surface area contributed by atoms with Crippen LogP contribution in [0.3, 0.4) is 0 Å². The van der Waals surface area contributed by atoms with E-state index < -0.39 is 0 Å². The Morgan fingerprint density at radius 2 is 1.85 bits per heavy atom. The maximum Gasteiger partial charge on any atom is 0.226 e. The lowest BCUT2D eigenvalue weighted by molar-refractivity contribution is 0.180. The van der Waals surface area contributed by atoms with E-state index in [-0.39, 0.29) is 0 Å². The van der Waals surface area contributed by atoms with Crippen molar-refractivity contribution in [1.82, 2.24) is 24.8 Å². The topological polar surface area (TPSA) is 58.0 Å². The quantitative estimate of drug-likeness (QED) is 0.724. The second-order valence-electron chi connectivity index (χ2n) is 6.58. The number of nitrogens with zero attached hydrogens (tertiary/aromatic N) is 6. The molecule has 1 aromatic carbocycles. The van der Waals surface area contributed by atoms with Gasteiger partial charge in [0.1, 0.15) is 5.69 Å². The van der Waals surface area contributed by atoms with Crippen LogP contribution in [0.25, 0.3) is 11.4 Å². The van der Waals surface area contributed by atoms with Crippen molar-refractivity contribution in [2.75, 3.05) is 24.5 Å². The van der Waals surface area contributed by atoms with Crippen molar-refractivity contribution in [3.8, 4) is 11.4 Å². The number of rotatable bonds is 4. The Kier molecular flexibility index (Phi) is 4.84. The molecule has 0 unspecified atom stereocenters. The van der Waals surface area contributed by atoms with Gasteiger partial charge in [0.2, 0.25) is 5.95 Å². The largest absolute Gasteiger partial charge is 0.338 e. The van der Waals surface area contributed by atoms with E-state index in [1.54, 1.807) is 24.8 Å². The maximum atomic E-state index is 4.70. The number of benzene rings is 1. The van der Waals surface area contributed by atoms with Gasteiger partial charge in [-0.15, -0.1) is 0 Å². The summed E-state index contributed by atoms with van der Waals surface area (Å²) in [5.74, 6) is 0.763. The molecule has 3 heterocycles. The van der Waals surface area contributed by atoms with Crippen LogP contribution in [0, 0.1) is 0 Å². The van der Waals surface area contributed by atoms with Crippen LogP contribution < -0.4 is 4.90 Å². The summed E-state index contributed by atoms with van der Waals surface area (Å²) in [5, 5.41) is 0. The highest BCUT2D eigenvalue weighted by Gasteiger charge is 2.25. The third kappa shape index (κ3) is 3.70. The van der Waals surface area contributed by atoms with Gasteiger partial charge >= 0.3 is 0 Å². The van der Waals surface area contributed by atoms with Gasteiger partial charge in [-0.1, -0.05) is 30.3 Å². The van der Waals surface area contributed by atoms with Gasteiger partial charge in [0.05, 0.1) is 11.9 Å². The molecule has 4 rings (SSSR count). The van der Waals surface area contributed by atoms with Crippen molar-refractivity contribution in [3.63, 3.8) is 0 Å². The molecule has 1 saturated heterocycles. The Hall–Kier alpha value is -2.86. The first-order valence-electron chi connectivity index (χ1n) is 8.92. The molecule has 0 saturated carbocycles. The van der Waals surface area contributed by atoms with Gasteiger partial charge in [-0.05, 0) is 18.6 Å². The highest BCUT2D eigenvalue weighted by molar-refractivity contribution is 5.54. The van der Waals surface area contributed by atoms with E-state index in [4.69, 9.17) is 4.98 Å². The molecule has 0 radical (unpaired) electrons. The van der Waals surface area contributed by atoms with Crippen molar-refractivity contribution in [2.45, 2.75) is 19.5 Å². The SMILES string of the molecule is C[C@H]1CN(c2nccc(-c3cnccn3)n2)CCN1Cc1ccccc1. The minimum Gasteiger partial charge on any atom is -0.338 e. The first-order valence-corrected chi connectivity index (χ1v) is 8.92. The third-order valence-corrected chi connectivity index (χ3v) is 4.74. The van der Waals surface area contributed by atoms with Crippen LogP contribution in [0.15, 0.2) is 61.2 Å². The Labute approximate surface area is 153 Å². The van der Waals surface area contributed by atoms with E-state index >= 15 is 0 Å². The zero-order valence-electron chi connectivity index (χ0n) is 14.9. The minimum absolute atomic E-state index is 0.438. The van der Waals surface area contributed by atoms with Gasteiger partial charge in [0, 0.05) is 50.8 Å². The molecule has 1 atom stereocenters. The Bertz CT molecular complexity index is 839. The number of hydrogen-bond acceptors (Lipinski definition) is 6. The van der Waals surface area contributed by atoms with Crippen molar-refractivity contribution < 1.29 is 0 Å². The second kappa shape index (κ2) is 7.58. The van der Waals surface area contributed by atoms with E-state index in [1.807, 2.05) is 6.07 Å². The van der Waals surface area contributed by atoms with Crippen LogP contribution >= 0.6 is 0 Å². The highest BCUT2D eigenvalue weighted by Crippen LogP contribution is 2.20. The number of anilines is 1. The maximum absolute atomic E-state index is 4.70. The summed E-state index contributed by atoms with van der Waals surface area (Å²) in [6, 6.07) is 12.9. The molecular weight excluding hydrogens is 324 g/mol. The predicted octanol–water partition coefficient (Wildman–Crippen LogP) is 2.64. The van der Waals surface area contributed by atoms with E-state index in [9.17, 15) is 0 Å². The van der Waals surface area contributed by atoms with Gasteiger partial charge in [-0.2, -0.15) is 0 Å². The molecule has 1 aliphatic rings. The van der Waals surface area contributed by atoms with Crippen molar-refractivity contribution >= 4 is 5.95 Å².